The van der Waals surface area contributed by atoms with Crippen molar-refractivity contribution in [3.63, 3.8) is 0 Å². The molecular formula is C15H22O6. The summed E-state index contributed by atoms with van der Waals surface area (Å²) in [5, 5.41) is 0. The van der Waals surface area contributed by atoms with Crippen molar-refractivity contribution < 1.29 is 28.6 Å². The van der Waals surface area contributed by atoms with Crippen molar-refractivity contribution in [3.8, 4) is 0 Å². The van der Waals surface area contributed by atoms with Crippen LogP contribution in [-0.4, -0.2) is 38.7 Å². The molecule has 0 heterocycles. The predicted molar refractivity (Wildman–Crippen MR) is 76.3 cm³/mol. The maximum Gasteiger partial charge on any atom is 0.323 e. The molecule has 0 aliphatic rings. The number of hydrogen-bond acceptors (Lipinski definition) is 6. The topological polar surface area (TPSA) is 78.9 Å². The molecule has 0 radical (unpaired) electrons. The molecule has 21 heavy (non-hydrogen) atoms. The van der Waals surface area contributed by atoms with E-state index in [0.717, 1.165) is 0 Å². The third kappa shape index (κ3) is 5.41. The Kier molecular flexibility index (Phi) is 8.04. The zero-order chi connectivity index (χ0) is 16.5. The minimum atomic E-state index is -1.47. The molecule has 0 aliphatic carbocycles. The monoisotopic (exact) mass is 298 g/mol. The molecule has 0 rings (SSSR count). The molecule has 0 aliphatic heterocycles. The van der Waals surface area contributed by atoms with Crippen LogP contribution in [0.1, 0.15) is 26.7 Å². The van der Waals surface area contributed by atoms with Crippen molar-refractivity contribution in [2.24, 2.45) is 5.41 Å². The maximum absolute atomic E-state index is 12.1. The summed E-state index contributed by atoms with van der Waals surface area (Å²) in [5.41, 5.74) is -0.767. The van der Waals surface area contributed by atoms with Gasteiger partial charge in [-0.2, -0.15) is 0 Å². The quantitative estimate of drug-likeness (QED) is 0.294. The van der Waals surface area contributed by atoms with Gasteiger partial charge in [0, 0.05) is 6.92 Å². The summed E-state index contributed by atoms with van der Waals surface area (Å²) in [6.45, 7) is 6.67. The Bertz CT molecular complexity index is 419. The number of hydrogen-bond donors (Lipinski definition) is 0. The smallest absolute Gasteiger partial charge is 0.323 e. The average molecular weight is 298 g/mol. The van der Waals surface area contributed by atoms with E-state index in [1.54, 1.807) is 13.0 Å². The van der Waals surface area contributed by atoms with Crippen LogP contribution in [0.25, 0.3) is 0 Å². The molecule has 0 saturated heterocycles. The Morgan fingerprint density at radius 1 is 1.10 bits per heavy atom. The summed E-state index contributed by atoms with van der Waals surface area (Å²) in [5.74, 6) is -1.78. The first-order valence-corrected chi connectivity index (χ1v) is 6.40. The molecule has 0 N–H and O–H groups in total. The summed E-state index contributed by atoms with van der Waals surface area (Å²) in [4.78, 5) is 34.8. The molecule has 0 aromatic heterocycles. The van der Waals surface area contributed by atoms with Gasteiger partial charge in [0.2, 0.25) is 0 Å². The van der Waals surface area contributed by atoms with E-state index in [2.05, 4.69) is 6.58 Å². The number of allylic oxidation sites excluding steroid dienone is 2. The molecule has 6 heteroatoms. The van der Waals surface area contributed by atoms with E-state index in [4.69, 9.17) is 14.2 Å². The summed E-state index contributed by atoms with van der Waals surface area (Å²) in [7, 11) is 2.42. The standard InChI is InChI=1S/C15H22O6/c1-6-8-15(13(17)19-4,14(18)20-5)10-11(2)7-9-21-12(3)16/h6-7H,1,8-10H2,2-5H3/b11-7+. The van der Waals surface area contributed by atoms with Gasteiger partial charge in [-0.1, -0.05) is 11.6 Å². The van der Waals surface area contributed by atoms with E-state index >= 15 is 0 Å². The molecule has 6 nitrogen and oxygen atoms in total. The second-order valence-corrected chi connectivity index (χ2v) is 4.59. The van der Waals surface area contributed by atoms with Gasteiger partial charge in [0.25, 0.3) is 0 Å². The van der Waals surface area contributed by atoms with E-state index in [9.17, 15) is 14.4 Å². The Hall–Kier alpha value is -2.11. The first-order chi connectivity index (χ1) is 9.83. The number of ether oxygens (including phenoxy) is 3. The first kappa shape index (κ1) is 18.9. The number of carbonyl (C=O) groups excluding carboxylic acids is 3. The molecular weight excluding hydrogens is 276 g/mol. The molecule has 0 aromatic rings. The summed E-state index contributed by atoms with van der Waals surface area (Å²) in [6, 6.07) is 0. The predicted octanol–water partition coefficient (Wildman–Crippen LogP) is 1.79. The van der Waals surface area contributed by atoms with Crippen LogP contribution < -0.4 is 0 Å². The van der Waals surface area contributed by atoms with Crippen molar-refractivity contribution in [2.75, 3.05) is 20.8 Å². The zero-order valence-electron chi connectivity index (χ0n) is 12.9. The Morgan fingerprint density at radius 3 is 2.00 bits per heavy atom. The van der Waals surface area contributed by atoms with Crippen molar-refractivity contribution in [2.45, 2.75) is 26.7 Å². The van der Waals surface area contributed by atoms with Gasteiger partial charge in [0.15, 0.2) is 5.41 Å². The van der Waals surface area contributed by atoms with Crippen LogP contribution in [0.2, 0.25) is 0 Å². The molecule has 0 atom stereocenters. The summed E-state index contributed by atoms with van der Waals surface area (Å²) in [6.07, 6.45) is 3.28. The minimum Gasteiger partial charge on any atom is -0.468 e. The SMILES string of the molecule is C=CCC(C/C(C)=C/COC(C)=O)(C(=O)OC)C(=O)OC. The third-order valence-corrected chi connectivity index (χ3v) is 2.94. The Labute approximate surface area is 124 Å². The second kappa shape index (κ2) is 8.94. The van der Waals surface area contributed by atoms with E-state index in [0.29, 0.717) is 5.57 Å². The normalized spacial score (nSPS) is 11.5. The van der Waals surface area contributed by atoms with Crippen LogP contribution in [0.5, 0.6) is 0 Å². The molecule has 0 unspecified atom stereocenters. The van der Waals surface area contributed by atoms with E-state index < -0.39 is 23.3 Å². The van der Waals surface area contributed by atoms with Crippen LogP contribution >= 0.6 is 0 Å². The maximum atomic E-state index is 12.1. The molecule has 0 fully saturated rings. The summed E-state index contributed by atoms with van der Waals surface area (Å²) >= 11 is 0. The van der Waals surface area contributed by atoms with E-state index in [-0.39, 0.29) is 19.4 Å². The lowest BCUT2D eigenvalue weighted by Crippen LogP contribution is -2.41. The van der Waals surface area contributed by atoms with Gasteiger partial charge in [-0.05, 0) is 25.8 Å². The first-order valence-electron chi connectivity index (χ1n) is 6.40. The molecule has 0 saturated carbocycles. The fraction of sp³-hybridized carbons (Fsp3) is 0.533. The molecule has 118 valence electrons. The molecule has 0 bridgehead atoms. The lowest BCUT2D eigenvalue weighted by molar-refractivity contribution is -0.169. The lowest BCUT2D eigenvalue weighted by atomic mass is 9.78. The number of rotatable bonds is 8. The molecule has 0 amide bonds. The number of methoxy groups -OCH3 is 2. The van der Waals surface area contributed by atoms with Gasteiger partial charge < -0.3 is 14.2 Å². The zero-order valence-corrected chi connectivity index (χ0v) is 12.9. The van der Waals surface area contributed by atoms with Crippen molar-refractivity contribution in [1.82, 2.24) is 0 Å². The van der Waals surface area contributed by atoms with Crippen LogP contribution in [0, 0.1) is 5.41 Å². The number of carbonyl (C=O) groups is 3. The molecule has 0 aromatic carbocycles. The van der Waals surface area contributed by atoms with Gasteiger partial charge in [0.05, 0.1) is 14.2 Å². The molecule has 0 spiro atoms. The lowest BCUT2D eigenvalue weighted by Gasteiger charge is -2.27. The van der Waals surface area contributed by atoms with Crippen LogP contribution in [0.15, 0.2) is 24.3 Å². The third-order valence-electron chi connectivity index (χ3n) is 2.94. The van der Waals surface area contributed by atoms with Gasteiger partial charge in [-0.25, -0.2) is 0 Å². The van der Waals surface area contributed by atoms with E-state index in [1.165, 1.54) is 27.2 Å². The van der Waals surface area contributed by atoms with E-state index in [1.807, 2.05) is 0 Å². The Morgan fingerprint density at radius 2 is 1.62 bits per heavy atom. The van der Waals surface area contributed by atoms with Crippen LogP contribution in [0.4, 0.5) is 0 Å². The second-order valence-electron chi connectivity index (χ2n) is 4.59. The largest absolute Gasteiger partial charge is 0.468 e. The van der Waals surface area contributed by atoms with Crippen molar-refractivity contribution >= 4 is 17.9 Å². The highest BCUT2D eigenvalue weighted by molar-refractivity contribution is 6.00. The highest BCUT2D eigenvalue weighted by atomic mass is 16.5. The van der Waals surface area contributed by atoms with Crippen molar-refractivity contribution in [1.29, 1.82) is 0 Å². The fourth-order valence-corrected chi connectivity index (χ4v) is 1.95. The summed E-state index contributed by atoms with van der Waals surface area (Å²) < 4.78 is 14.3. The average Bonchev–Trinajstić information content (AvgIpc) is 2.44. The fourth-order valence-electron chi connectivity index (χ4n) is 1.95. The van der Waals surface area contributed by atoms with Gasteiger partial charge in [0.1, 0.15) is 6.61 Å². The Balaban J connectivity index is 5.29. The van der Waals surface area contributed by atoms with Crippen LogP contribution in [0.3, 0.4) is 0 Å². The van der Waals surface area contributed by atoms with Gasteiger partial charge >= 0.3 is 17.9 Å². The van der Waals surface area contributed by atoms with Gasteiger partial charge in [-0.3, -0.25) is 14.4 Å². The van der Waals surface area contributed by atoms with Crippen LogP contribution in [-0.2, 0) is 28.6 Å². The van der Waals surface area contributed by atoms with Crippen molar-refractivity contribution in [3.05, 3.63) is 24.3 Å². The highest BCUT2D eigenvalue weighted by Gasteiger charge is 2.47. The van der Waals surface area contributed by atoms with Gasteiger partial charge in [-0.15, -0.1) is 6.58 Å². The minimum absolute atomic E-state index is 0.0771. The highest BCUT2D eigenvalue weighted by Crippen LogP contribution is 2.34. The number of esters is 3.